The molecule has 2 aromatic rings. The van der Waals surface area contributed by atoms with Crippen molar-refractivity contribution in [2.75, 3.05) is 38.6 Å². The summed E-state index contributed by atoms with van der Waals surface area (Å²) in [6.45, 7) is 4.23. The van der Waals surface area contributed by atoms with E-state index >= 15 is 0 Å². The summed E-state index contributed by atoms with van der Waals surface area (Å²) in [6, 6.07) is 3.99. The number of fused-ring (bicyclic) bond motifs is 1. The van der Waals surface area contributed by atoms with Gasteiger partial charge in [-0.15, -0.1) is 0 Å². The number of nitrogens with zero attached hydrogens (tertiary/aromatic N) is 4. The van der Waals surface area contributed by atoms with Gasteiger partial charge in [-0.05, 0) is 19.1 Å². The first-order valence-corrected chi connectivity index (χ1v) is 7.82. The third kappa shape index (κ3) is 2.99. The average Bonchev–Trinajstić information content (AvgIpc) is 2.88. The van der Waals surface area contributed by atoms with Crippen molar-refractivity contribution in [1.29, 1.82) is 0 Å². The van der Waals surface area contributed by atoms with Crippen LogP contribution < -0.4 is 10.7 Å². The van der Waals surface area contributed by atoms with E-state index in [0.29, 0.717) is 27.7 Å². The van der Waals surface area contributed by atoms with Crippen LogP contribution in [-0.4, -0.2) is 60.6 Å². The number of piperazine rings is 1. The van der Waals surface area contributed by atoms with Gasteiger partial charge in [0, 0.05) is 44.8 Å². The first-order chi connectivity index (χ1) is 10.9. The maximum Gasteiger partial charge on any atom is 0.298 e. The summed E-state index contributed by atoms with van der Waals surface area (Å²) >= 11 is 6.13. The van der Waals surface area contributed by atoms with Gasteiger partial charge < -0.3 is 14.2 Å². The summed E-state index contributed by atoms with van der Waals surface area (Å²) in [6.07, 6.45) is 0. The predicted molar refractivity (Wildman–Crippen MR) is 89.6 cm³/mol. The normalized spacial score (nSPS) is 19.3. The molecule has 0 aliphatic carbocycles. The number of nitrogens with two attached hydrogens (primary N) is 1. The number of amides is 1. The fourth-order valence-corrected chi connectivity index (χ4v) is 2.99. The van der Waals surface area contributed by atoms with Crippen molar-refractivity contribution in [2.45, 2.75) is 13.0 Å². The van der Waals surface area contributed by atoms with Crippen LogP contribution in [0.2, 0.25) is 5.02 Å². The van der Waals surface area contributed by atoms with Gasteiger partial charge in [0.2, 0.25) is 0 Å². The zero-order chi connectivity index (χ0) is 16.7. The highest BCUT2D eigenvalue weighted by Crippen LogP contribution is 2.30. The molecular weight excluding hydrogens is 318 g/mol. The van der Waals surface area contributed by atoms with Crippen molar-refractivity contribution in [3.8, 4) is 0 Å². The number of hydrazine groups is 1. The molecule has 124 valence electrons. The Morgan fingerprint density at radius 3 is 2.83 bits per heavy atom. The number of hydrogen-bond donors (Lipinski definition) is 1. The zero-order valence-electron chi connectivity index (χ0n) is 13.4. The van der Waals surface area contributed by atoms with Gasteiger partial charge in [0.15, 0.2) is 5.58 Å². The van der Waals surface area contributed by atoms with Gasteiger partial charge in [0.25, 0.3) is 11.9 Å². The minimum atomic E-state index is -0.167. The molecule has 2 N–H and O–H groups in total. The van der Waals surface area contributed by atoms with Crippen LogP contribution in [0.1, 0.15) is 17.3 Å². The number of oxazole rings is 1. The second-order valence-corrected chi connectivity index (χ2v) is 6.47. The van der Waals surface area contributed by atoms with Gasteiger partial charge in [-0.25, -0.2) is 5.01 Å². The fourth-order valence-electron chi connectivity index (χ4n) is 2.78. The quantitative estimate of drug-likeness (QED) is 0.838. The van der Waals surface area contributed by atoms with E-state index in [-0.39, 0.29) is 11.9 Å². The second kappa shape index (κ2) is 5.99. The van der Waals surface area contributed by atoms with Crippen molar-refractivity contribution >= 4 is 34.6 Å². The number of rotatable bonds is 2. The molecule has 7 nitrogen and oxygen atoms in total. The topological polar surface area (TPSA) is 78.8 Å². The van der Waals surface area contributed by atoms with Crippen LogP contribution in [0.4, 0.5) is 6.01 Å². The molecule has 0 radical (unpaired) electrons. The standard InChI is InChI=1S/C15H20ClN5O2/c1-9-8-20(17)4-5-21(9)15-18-12-7-10(16)6-11(13(12)23-15)14(22)19(2)3/h6-7,9H,4-5,8,17H2,1-3H3/t9-/m0/s1. The summed E-state index contributed by atoms with van der Waals surface area (Å²) in [5.41, 5.74) is 1.46. The Morgan fingerprint density at radius 1 is 1.43 bits per heavy atom. The smallest absolute Gasteiger partial charge is 0.298 e. The molecule has 1 aliphatic rings. The lowest BCUT2D eigenvalue weighted by atomic mass is 10.2. The molecule has 1 aromatic carbocycles. The number of aromatic nitrogens is 1. The van der Waals surface area contributed by atoms with E-state index in [9.17, 15) is 4.79 Å². The molecule has 1 saturated heterocycles. The van der Waals surface area contributed by atoms with E-state index in [0.717, 1.165) is 19.6 Å². The molecule has 8 heteroatoms. The lowest BCUT2D eigenvalue weighted by molar-refractivity contribution is 0.0828. The van der Waals surface area contributed by atoms with E-state index in [2.05, 4.69) is 16.8 Å². The first kappa shape index (κ1) is 16.0. The molecular formula is C15H20ClN5O2. The highest BCUT2D eigenvalue weighted by atomic mass is 35.5. The lowest BCUT2D eigenvalue weighted by Gasteiger charge is -2.36. The monoisotopic (exact) mass is 337 g/mol. The number of benzene rings is 1. The maximum absolute atomic E-state index is 12.3. The van der Waals surface area contributed by atoms with E-state index in [1.165, 1.54) is 4.90 Å². The minimum absolute atomic E-state index is 0.167. The molecule has 0 saturated carbocycles. The Kier molecular flexibility index (Phi) is 4.18. The van der Waals surface area contributed by atoms with Crippen molar-refractivity contribution in [1.82, 2.24) is 14.9 Å². The molecule has 23 heavy (non-hydrogen) atoms. The largest absolute Gasteiger partial charge is 0.423 e. The minimum Gasteiger partial charge on any atom is -0.423 e. The average molecular weight is 338 g/mol. The Balaban J connectivity index is 2.05. The second-order valence-electron chi connectivity index (χ2n) is 6.03. The first-order valence-electron chi connectivity index (χ1n) is 7.45. The molecule has 1 aromatic heterocycles. The van der Waals surface area contributed by atoms with Gasteiger partial charge in [0.1, 0.15) is 5.52 Å². The summed E-state index contributed by atoms with van der Waals surface area (Å²) in [7, 11) is 3.38. The molecule has 0 spiro atoms. The number of hydrogen-bond acceptors (Lipinski definition) is 6. The Labute approximate surface area is 139 Å². The van der Waals surface area contributed by atoms with Gasteiger partial charge in [-0.1, -0.05) is 11.6 Å². The van der Waals surface area contributed by atoms with Crippen molar-refractivity contribution in [3.05, 3.63) is 22.7 Å². The van der Waals surface area contributed by atoms with Crippen LogP contribution in [0.25, 0.3) is 11.1 Å². The van der Waals surface area contributed by atoms with Crippen LogP contribution >= 0.6 is 11.6 Å². The SMILES string of the molecule is C[C@H]1CN(N)CCN1c1nc2cc(Cl)cc(C(=O)N(C)C)c2o1. The van der Waals surface area contributed by atoms with Gasteiger partial charge in [0.05, 0.1) is 5.56 Å². The highest BCUT2D eigenvalue weighted by Gasteiger charge is 2.27. The van der Waals surface area contributed by atoms with Crippen LogP contribution in [0.15, 0.2) is 16.5 Å². The summed E-state index contributed by atoms with van der Waals surface area (Å²) in [5.74, 6) is 5.68. The Hall–Kier alpha value is -1.83. The van der Waals surface area contributed by atoms with Crippen molar-refractivity contribution in [2.24, 2.45) is 5.84 Å². The van der Waals surface area contributed by atoms with Crippen LogP contribution in [0, 0.1) is 0 Å². The maximum atomic E-state index is 12.3. The third-order valence-electron chi connectivity index (χ3n) is 3.98. The van der Waals surface area contributed by atoms with E-state index in [1.54, 1.807) is 31.2 Å². The number of anilines is 1. The van der Waals surface area contributed by atoms with E-state index in [1.807, 2.05) is 0 Å². The van der Waals surface area contributed by atoms with Crippen LogP contribution in [-0.2, 0) is 0 Å². The summed E-state index contributed by atoms with van der Waals surface area (Å²) < 4.78 is 5.92. The van der Waals surface area contributed by atoms with Gasteiger partial charge in [-0.2, -0.15) is 4.98 Å². The van der Waals surface area contributed by atoms with Crippen molar-refractivity contribution in [3.63, 3.8) is 0 Å². The lowest BCUT2D eigenvalue weighted by Crippen LogP contribution is -2.54. The number of carbonyl (C=O) groups is 1. The summed E-state index contributed by atoms with van der Waals surface area (Å²) in [4.78, 5) is 20.4. The Morgan fingerprint density at radius 2 is 2.17 bits per heavy atom. The number of halogens is 1. The highest BCUT2D eigenvalue weighted by molar-refractivity contribution is 6.32. The van der Waals surface area contributed by atoms with Crippen LogP contribution in [0.5, 0.6) is 0 Å². The van der Waals surface area contributed by atoms with Gasteiger partial charge in [-0.3, -0.25) is 10.6 Å². The molecule has 1 amide bonds. The zero-order valence-corrected chi connectivity index (χ0v) is 14.2. The van der Waals surface area contributed by atoms with E-state index < -0.39 is 0 Å². The molecule has 0 bridgehead atoms. The predicted octanol–water partition coefficient (Wildman–Crippen LogP) is 1.57. The molecule has 1 fully saturated rings. The molecule has 2 heterocycles. The molecule has 1 atom stereocenters. The summed E-state index contributed by atoms with van der Waals surface area (Å²) in [5, 5.41) is 2.24. The van der Waals surface area contributed by atoms with Crippen molar-refractivity contribution < 1.29 is 9.21 Å². The molecule has 3 rings (SSSR count). The van der Waals surface area contributed by atoms with E-state index in [4.69, 9.17) is 21.9 Å². The van der Waals surface area contributed by atoms with Gasteiger partial charge >= 0.3 is 0 Å². The molecule has 1 aliphatic heterocycles. The Bertz CT molecular complexity index is 745. The number of carbonyl (C=O) groups excluding carboxylic acids is 1. The fraction of sp³-hybridized carbons (Fsp3) is 0.467. The third-order valence-corrected chi connectivity index (χ3v) is 4.20. The molecule has 0 unspecified atom stereocenters. The van der Waals surface area contributed by atoms with Crippen LogP contribution in [0.3, 0.4) is 0 Å².